The fourth-order valence-corrected chi connectivity index (χ4v) is 4.19. The molecule has 0 aromatic heterocycles. The SMILES string of the molecule is CCCCC1CCC(C(NCCC)C2CCOC2)CC1. The Labute approximate surface area is 126 Å². The van der Waals surface area contributed by atoms with Gasteiger partial charge in [-0.05, 0) is 44.1 Å². The predicted molar refractivity (Wildman–Crippen MR) is 86.0 cm³/mol. The summed E-state index contributed by atoms with van der Waals surface area (Å²) >= 11 is 0. The highest BCUT2D eigenvalue weighted by atomic mass is 16.5. The topological polar surface area (TPSA) is 21.3 Å². The van der Waals surface area contributed by atoms with Crippen LogP contribution < -0.4 is 5.32 Å². The zero-order valence-corrected chi connectivity index (χ0v) is 13.7. The maximum absolute atomic E-state index is 5.64. The molecule has 0 bridgehead atoms. The maximum Gasteiger partial charge on any atom is 0.0510 e. The Morgan fingerprint density at radius 1 is 1.00 bits per heavy atom. The van der Waals surface area contributed by atoms with Crippen LogP contribution in [0.15, 0.2) is 0 Å². The van der Waals surface area contributed by atoms with Gasteiger partial charge in [-0.25, -0.2) is 0 Å². The van der Waals surface area contributed by atoms with Crippen LogP contribution in [-0.2, 0) is 4.74 Å². The van der Waals surface area contributed by atoms with Crippen LogP contribution in [0.3, 0.4) is 0 Å². The van der Waals surface area contributed by atoms with Crippen LogP contribution in [0, 0.1) is 17.8 Å². The van der Waals surface area contributed by atoms with Gasteiger partial charge in [-0.2, -0.15) is 0 Å². The van der Waals surface area contributed by atoms with Crippen molar-refractivity contribution in [1.82, 2.24) is 5.32 Å². The summed E-state index contributed by atoms with van der Waals surface area (Å²) in [5.74, 6) is 2.71. The van der Waals surface area contributed by atoms with Crippen molar-refractivity contribution in [2.75, 3.05) is 19.8 Å². The molecule has 0 radical (unpaired) electrons. The molecule has 2 rings (SSSR count). The molecule has 0 aromatic carbocycles. The molecule has 1 aliphatic carbocycles. The number of rotatable bonds is 8. The molecule has 2 aliphatic rings. The lowest BCUT2D eigenvalue weighted by atomic mass is 9.73. The van der Waals surface area contributed by atoms with Crippen LogP contribution in [0.2, 0.25) is 0 Å². The van der Waals surface area contributed by atoms with Crippen molar-refractivity contribution >= 4 is 0 Å². The van der Waals surface area contributed by atoms with Crippen molar-refractivity contribution in [2.24, 2.45) is 17.8 Å². The lowest BCUT2D eigenvalue weighted by molar-refractivity contribution is 0.142. The fraction of sp³-hybridized carbons (Fsp3) is 1.00. The number of ether oxygens (including phenoxy) is 1. The smallest absolute Gasteiger partial charge is 0.0510 e. The van der Waals surface area contributed by atoms with Crippen LogP contribution in [0.25, 0.3) is 0 Å². The van der Waals surface area contributed by atoms with Gasteiger partial charge in [0.25, 0.3) is 0 Å². The van der Waals surface area contributed by atoms with Gasteiger partial charge in [-0.3, -0.25) is 0 Å². The van der Waals surface area contributed by atoms with E-state index in [2.05, 4.69) is 19.2 Å². The molecule has 2 nitrogen and oxygen atoms in total. The van der Waals surface area contributed by atoms with E-state index >= 15 is 0 Å². The third-order valence-corrected chi connectivity index (χ3v) is 5.47. The molecule has 1 aliphatic heterocycles. The molecule has 1 saturated heterocycles. The van der Waals surface area contributed by atoms with E-state index in [4.69, 9.17) is 4.74 Å². The molecule has 1 N–H and O–H groups in total. The lowest BCUT2D eigenvalue weighted by Crippen LogP contribution is -2.44. The molecule has 2 unspecified atom stereocenters. The molecular weight excluding hydrogens is 246 g/mol. The Morgan fingerprint density at radius 3 is 2.40 bits per heavy atom. The summed E-state index contributed by atoms with van der Waals surface area (Å²) in [4.78, 5) is 0. The monoisotopic (exact) mass is 281 g/mol. The molecule has 1 heterocycles. The molecule has 20 heavy (non-hydrogen) atoms. The number of hydrogen-bond donors (Lipinski definition) is 1. The van der Waals surface area contributed by atoms with Gasteiger partial charge in [0.2, 0.25) is 0 Å². The van der Waals surface area contributed by atoms with E-state index in [1.54, 1.807) is 0 Å². The molecule has 118 valence electrons. The van der Waals surface area contributed by atoms with Crippen LogP contribution >= 0.6 is 0 Å². The summed E-state index contributed by atoms with van der Waals surface area (Å²) < 4.78 is 5.64. The summed E-state index contributed by atoms with van der Waals surface area (Å²) in [5.41, 5.74) is 0. The fourth-order valence-electron chi connectivity index (χ4n) is 4.19. The molecule has 2 heteroatoms. The Bertz CT molecular complexity index is 242. The van der Waals surface area contributed by atoms with Gasteiger partial charge in [0.1, 0.15) is 0 Å². The first-order chi connectivity index (χ1) is 9.85. The minimum Gasteiger partial charge on any atom is -0.381 e. The summed E-state index contributed by atoms with van der Waals surface area (Å²) in [7, 11) is 0. The lowest BCUT2D eigenvalue weighted by Gasteiger charge is -2.37. The van der Waals surface area contributed by atoms with E-state index in [-0.39, 0.29) is 0 Å². The first-order valence-electron chi connectivity index (χ1n) is 9.16. The Hall–Kier alpha value is -0.0800. The van der Waals surface area contributed by atoms with E-state index < -0.39 is 0 Å². The molecule has 0 spiro atoms. The molecule has 2 atom stereocenters. The van der Waals surface area contributed by atoms with Gasteiger partial charge in [0.15, 0.2) is 0 Å². The third-order valence-electron chi connectivity index (χ3n) is 5.47. The molecule has 2 fully saturated rings. The van der Waals surface area contributed by atoms with Crippen molar-refractivity contribution in [1.29, 1.82) is 0 Å². The standard InChI is InChI=1S/C18H35NO/c1-3-5-6-15-7-9-16(10-8-15)18(19-12-4-2)17-11-13-20-14-17/h15-19H,3-14H2,1-2H3. The van der Waals surface area contributed by atoms with Gasteiger partial charge in [-0.15, -0.1) is 0 Å². The largest absolute Gasteiger partial charge is 0.381 e. The quantitative estimate of drug-likeness (QED) is 0.712. The van der Waals surface area contributed by atoms with E-state index in [1.165, 1.54) is 64.3 Å². The van der Waals surface area contributed by atoms with Crippen LogP contribution in [0.1, 0.15) is 71.6 Å². The van der Waals surface area contributed by atoms with Gasteiger partial charge >= 0.3 is 0 Å². The average Bonchev–Trinajstić information content (AvgIpc) is 3.01. The Kier molecular flexibility index (Phi) is 7.37. The van der Waals surface area contributed by atoms with E-state index in [9.17, 15) is 0 Å². The van der Waals surface area contributed by atoms with Crippen molar-refractivity contribution in [2.45, 2.75) is 77.7 Å². The van der Waals surface area contributed by atoms with E-state index in [0.717, 1.165) is 37.0 Å². The highest BCUT2D eigenvalue weighted by Crippen LogP contribution is 2.36. The van der Waals surface area contributed by atoms with Crippen molar-refractivity contribution in [3.8, 4) is 0 Å². The van der Waals surface area contributed by atoms with E-state index in [1.807, 2.05) is 0 Å². The molecule has 1 saturated carbocycles. The summed E-state index contributed by atoms with van der Waals surface area (Å²) in [6, 6.07) is 0.726. The van der Waals surface area contributed by atoms with Gasteiger partial charge in [-0.1, -0.05) is 46.0 Å². The Balaban J connectivity index is 1.80. The first-order valence-corrected chi connectivity index (χ1v) is 9.16. The van der Waals surface area contributed by atoms with Crippen LogP contribution in [0.5, 0.6) is 0 Å². The zero-order valence-electron chi connectivity index (χ0n) is 13.7. The van der Waals surface area contributed by atoms with Crippen molar-refractivity contribution < 1.29 is 4.74 Å². The van der Waals surface area contributed by atoms with Gasteiger partial charge < -0.3 is 10.1 Å². The first kappa shape index (κ1) is 16.3. The van der Waals surface area contributed by atoms with Crippen molar-refractivity contribution in [3.05, 3.63) is 0 Å². The highest BCUT2D eigenvalue weighted by molar-refractivity contribution is 4.88. The average molecular weight is 281 g/mol. The number of hydrogen-bond acceptors (Lipinski definition) is 2. The molecule has 0 amide bonds. The third kappa shape index (κ3) is 4.73. The summed E-state index contributed by atoms with van der Waals surface area (Å²) in [6.07, 6.45) is 12.6. The van der Waals surface area contributed by atoms with Gasteiger partial charge in [0.05, 0.1) is 6.61 Å². The van der Waals surface area contributed by atoms with Gasteiger partial charge in [0, 0.05) is 18.6 Å². The maximum atomic E-state index is 5.64. The second-order valence-electron chi connectivity index (χ2n) is 7.03. The predicted octanol–water partition coefficient (Wildman–Crippen LogP) is 4.39. The van der Waals surface area contributed by atoms with Crippen LogP contribution in [0.4, 0.5) is 0 Å². The zero-order chi connectivity index (χ0) is 14.2. The molecular formula is C18H35NO. The summed E-state index contributed by atoms with van der Waals surface area (Å²) in [6.45, 7) is 7.75. The minimum atomic E-state index is 0.726. The normalized spacial score (nSPS) is 32.4. The second kappa shape index (κ2) is 9.04. The van der Waals surface area contributed by atoms with Crippen LogP contribution in [-0.4, -0.2) is 25.8 Å². The number of nitrogens with one attached hydrogen (secondary N) is 1. The Morgan fingerprint density at radius 2 is 1.80 bits per heavy atom. The molecule has 0 aromatic rings. The second-order valence-corrected chi connectivity index (χ2v) is 7.03. The summed E-state index contributed by atoms with van der Waals surface area (Å²) in [5, 5.41) is 3.86. The van der Waals surface area contributed by atoms with E-state index in [0.29, 0.717) is 0 Å². The minimum absolute atomic E-state index is 0.726. The highest BCUT2D eigenvalue weighted by Gasteiger charge is 2.33. The number of unbranched alkanes of at least 4 members (excludes halogenated alkanes) is 1. The van der Waals surface area contributed by atoms with Crippen molar-refractivity contribution in [3.63, 3.8) is 0 Å².